The zero-order valence-corrected chi connectivity index (χ0v) is 7.56. The quantitative estimate of drug-likeness (QED) is 0.552. The minimum absolute atomic E-state index is 0.698. The van der Waals surface area contributed by atoms with E-state index in [0.717, 1.165) is 17.1 Å². The Bertz CT molecular complexity index is 290. The highest BCUT2D eigenvalue weighted by Gasteiger charge is 2.03. The summed E-state index contributed by atoms with van der Waals surface area (Å²) in [5, 5.41) is 8.84. The number of terminal acetylenes is 1. The third kappa shape index (κ3) is 1.63. The summed E-state index contributed by atoms with van der Waals surface area (Å²) in [5.41, 5.74) is 1.46. The average Bonchev–Trinajstić information content (AvgIpc) is 2.16. The molecule has 0 bridgehead atoms. The van der Waals surface area contributed by atoms with E-state index in [-0.39, 0.29) is 0 Å². The molecule has 1 nitrogen and oxygen atoms in total. The fraction of sp³-hybridized carbons (Fsp3) is 0.100. The van der Waals surface area contributed by atoms with Gasteiger partial charge in [-0.2, -0.15) is 0 Å². The molecular formula is C10H9OS. The Balaban J connectivity index is 3.25. The van der Waals surface area contributed by atoms with Crippen molar-refractivity contribution in [1.82, 2.24) is 0 Å². The molecule has 0 amide bonds. The van der Waals surface area contributed by atoms with E-state index in [1.54, 1.807) is 17.8 Å². The Labute approximate surface area is 76.8 Å². The summed E-state index contributed by atoms with van der Waals surface area (Å²) in [4.78, 5) is 1.01. The maximum atomic E-state index is 8.84. The number of thioether (sulfide) groups is 1. The minimum Gasteiger partial charge on any atom is -0.385 e. The van der Waals surface area contributed by atoms with Crippen molar-refractivity contribution in [2.75, 3.05) is 6.26 Å². The van der Waals surface area contributed by atoms with Crippen LogP contribution in [0.2, 0.25) is 0 Å². The fourth-order valence-corrected chi connectivity index (χ4v) is 1.58. The van der Waals surface area contributed by atoms with Gasteiger partial charge in [0, 0.05) is 16.0 Å². The van der Waals surface area contributed by atoms with Gasteiger partial charge in [0.1, 0.15) is 6.61 Å². The molecule has 2 heteroatoms. The molecule has 1 aromatic rings. The molecule has 0 atom stereocenters. The summed E-state index contributed by atoms with van der Waals surface area (Å²) in [5.74, 6) is 2.55. The van der Waals surface area contributed by atoms with Crippen LogP contribution in [0.4, 0.5) is 0 Å². The molecule has 0 aliphatic heterocycles. The fourth-order valence-electron chi connectivity index (χ4n) is 0.980. The van der Waals surface area contributed by atoms with Crippen molar-refractivity contribution in [3.05, 3.63) is 35.9 Å². The summed E-state index contributed by atoms with van der Waals surface area (Å²) in [6.45, 7) is 1.04. The predicted molar refractivity (Wildman–Crippen MR) is 51.5 cm³/mol. The third-order valence-corrected chi connectivity index (χ3v) is 2.34. The SMILES string of the molecule is C#Cc1c([CH]O)cccc1SC. The normalized spacial score (nSPS) is 9.42. The van der Waals surface area contributed by atoms with Crippen LogP contribution >= 0.6 is 11.8 Å². The number of benzene rings is 1. The second-order valence-corrected chi connectivity index (χ2v) is 3.05. The lowest BCUT2D eigenvalue weighted by Gasteiger charge is -2.04. The van der Waals surface area contributed by atoms with Crippen molar-refractivity contribution in [2.45, 2.75) is 4.90 Å². The molecule has 0 saturated heterocycles. The highest BCUT2D eigenvalue weighted by Crippen LogP contribution is 2.22. The molecule has 1 rings (SSSR count). The molecule has 0 aliphatic carbocycles. The van der Waals surface area contributed by atoms with Gasteiger partial charge in [-0.1, -0.05) is 18.1 Å². The topological polar surface area (TPSA) is 20.2 Å². The lowest BCUT2D eigenvalue weighted by molar-refractivity contribution is 0.414. The zero-order chi connectivity index (χ0) is 8.97. The van der Waals surface area contributed by atoms with E-state index in [9.17, 15) is 0 Å². The zero-order valence-electron chi connectivity index (χ0n) is 6.74. The summed E-state index contributed by atoms with van der Waals surface area (Å²) in [6.07, 6.45) is 7.26. The van der Waals surface area contributed by atoms with Gasteiger partial charge in [-0.3, -0.25) is 0 Å². The Hall–Kier alpha value is -0.910. The number of hydrogen-bond acceptors (Lipinski definition) is 2. The van der Waals surface area contributed by atoms with E-state index < -0.39 is 0 Å². The van der Waals surface area contributed by atoms with Gasteiger partial charge in [-0.25, -0.2) is 0 Å². The van der Waals surface area contributed by atoms with Crippen molar-refractivity contribution >= 4 is 11.8 Å². The van der Waals surface area contributed by atoms with Gasteiger partial charge in [0.15, 0.2) is 0 Å². The smallest absolute Gasteiger partial charge is 0.110 e. The molecule has 0 heterocycles. The standard InChI is InChI=1S/C10H9OS/c1-3-9-8(7-11)5-4-6-10(9)12-2/h1,4-7,11H,2H3. The lowest BCUT2D eigenvalue weighted by Crippen LogP contribution is -1.89. The molecule has 0 saturated carbocycles. The summed E-state index contributed by atoms with van der Waals surface area (Å²) in [7, 11) is 0. The van der Waals surface area contributed by atoms with Crippen LogP contribution in [0, 0.1) is 19.0 Å². The van der Waals surface area contributed by atoms with Gasteiger partial charge in [0.25, 0.3) is 0 Å². The molecule has 0 fully saturated rings. The summed E-state index contributed by atoms with van der Waals surface area (Å²) >= 11 is 1.58. The first-order chi connectivity index (χ1) is 5.83. The van der Waals surface area contributed by atoms with Crippen molar-refractivity contribution in [3.63, 3.8) is 0 Å². The Morgan fingerprint density at radius 3 is 2.83 bits per heavy atom. The van der Waals surface area contributed by atoms with Crippen LogP contribution in [0.5, 0.6) is 0 Å². The number of rotatable bonds is 2. The third-order valence-electron chi connectivity index (χ3n) is 1.56. The van der Waals surface area contributed by atoms with Gasteiger partial charge in [-0.15, -0.1) is 18.2 Å². The Morgan fingerprint density at radius 1 is 1.58 bits per heavy atom. The molecule has 1 N–H and O–H groups in total. The van der Waals surface area contributed by atoms with Crippen LogP contribution in [-0.2, 0) is 0 Å². The van der Waals surface area contributed by atoms with Crippen LogP contribution in [0.3, 0.4) is 0 Å². The Morgan fingerprint density at radius 2 is 2.33 bits per heavy atom. The minimum atomic E-state index is 0.698. The highest BCUT2D eigenvalue weighted by molar-refractivity contribution is 7.98. The number of hydrogen-bond donors (Lipinski definition) is 1. The molecular weight excluding hydrogens is 168 g/mol. The monoisotopic (exact) mass is 177 g/mol. The van der Waals surface area contributed by atoms with Crippen molar-refractivity contribution in [1.29, 1.82) is 0 Å². The van der Waals surface area contributed by atoms with E-state index in [1.807, 2.05) is 18.4 Å². The van der Waals surface area contributed by atoms with E-state index in [1.165, 1.54) is 0 Å². The first-order valence-corrected chi connectivity index (χ1v) is 4.67. The van der Waals surface area contributed by atoms with Crippen molar-refractivity contribution in [2.24, 2.45) is 0 Å². The number of aliphatic hydroxyl groups is 1. The van der Waals surface area contributed by atoms with Gasteiger partial charge in [-0.05, 0) is 12.3 Å². The van der Waals surface area contributed by atoms with Gasteiger partial charge in [0.05, 0.1) is 0 Å². The maximum absolute atomic E-state index is 8.84. The second kappa shape index (κ2) is 4.20. The summed E-state index contributed by atoms with van der Waals surface area (Å²) < 4.78 is 0. The molecule has 1 aromatic carbocycles. The van der Waals surface area contributed by atoms with Crippen LogP contribution in [0.15, 0.2) is 23.1 Å². The van der Waals surface area contributed by atoms with Crippen LogP contribution in [-0.4, -0.2) is 11.4 Å². The van der Waals surface area contributed by atoms with E-state index in [4.69, 9.17) is 11.5 Å². The molecule has 0 aromatic heterocycles. The molecule has 12 heavy (non-hydrogen) atoms. The maximum Gasteiger partial charge on any atom is 0.110 e. The van der Waals surface area contributed by atoms with E-state index >= 15 is 0 Å². The molecule has 0 spiro atoms. The molecule has 0 unspecified atom stereocenters. The molecule has 1 radical (unpaired) electrons. The summed E-state index contributed by atoms with van der Waals surface area (Å²) in [6, 6.07) is 5.59. The van der Waals surface area contributed by atoms with Crippen LogP contribution in [0.25, 0.3) is 0 Å². The van der Waals surface area contributed by atoms with E-state index in [2.05, 4.69) is 5.92 Å². The van der Waals surface area contributed by atoms with Gasteiger partial charge < -0.3 is 5.11 Å². The van der Waals surface area contributed by atoms with E-state index in [0.29, 0.717) is 5.56 Å². The Kier molecular flexibility index (Phi) is 3.21. The van der Waals surface area contributed by atoms with Crippen molar-refractivity contribution < 1.29 is 5.11 Å². The first kappa shape index (κ1) is 9.18. The largest absolute Gasteiger partial charge is 0.385 e. The average molecular weight is 177 g/mol. The molecule has 0 aliphatic rings. The van der Waals surface area contributed by atoms with Gasteiger partial charge >= 0.3 is 0 Å². The highest BCUT2D eigenvalue weighted by atomic mass is 32.2. The predicted octanol–water partition coefficient (Wildman–Crippen LogP) is 2.27. The molecule has 61 valence electrons. The lowest BCUT2D eigenvalue weighted by atomic mass is 10.1. The van der Waals surface area contributed by atoms with Crippen LogP contribution in [0.1, 0.15) is 11.1 Å². The van der Waals surface area contributed by atoms with Crippen LogP contribution < -0.4 is 0 Å². The second-order valence-electron chi connectivity index (χ2n) is 2.20. The van der Waals surface area contributed by atoms with Gasteiger partial charge in [0.2, 0.25) is 0 Å². The van der Waals surface area contributed by atoms with Crippen molar-refractivity contribution in [3.8, 4) is 12.3 Å². The first-order valence-electron chi connectivity index (χ1n) is 3.44. The number of aliphatic hydroxyl groups excluding tert-OH is 1.